The Labute approximate surface area is 96.2 Å². The molecule has 1 aromatic heterocycles. The molecule has 0 saturated carbocycles. The zero-order valence-corrected chi connectivity index (χ0v) is 9.12. The predicted octanol–water partition coefficient (Wildman–Crippen LogP) is 1.12. The topological polar surface area (TPSA) is 81.0 Å². The lowest BCUT2D eigenvalue weighted by atomic mass is 10.2. The Morgan fingerprint density at radius 3 is 3.06 bits per heavy atom. The van der Waals surface area contributed by atoms with Crippen LogP contribution < -0.4 is 16.0 Å². The normalized spacial score (nSPS) is 10.6. The molecule has 1 heterocycles. The standard InChI is InChI=1S/C10H10ClN3O2/c11-3-4-16-9-6(12)1-2-7-8(9)10(15)14-5-13-7/h1-2,5H,3-4,12H2,(H,13,14,15). The first kappa shape index (κ1) is 10.8. The van der Waals surface area contributed by atoms with E-state index in [1.54, 1.807) is 12.1 Å². The van der Waals surface area contributed by atoms with Gasteiger partial charge in [0, 0.05) is 0 Å². The minimum atomic E-state index is -0.276. The van der Waals surface area contributed by atoms with Gasteiger partial charge in [-0.1, -0.05) is 0 Å². The van der Waals surface area contributed by atoms with Crippen molar-refractivity contribution in [3.63, 3.8) is 0 Å². The number of benzene rings is 1. The predicted molar refractivity (Wildman–Crippen MR) is 63.0 cm³/mol. The summed E-state index contributed by atoms with van der Waals surface area (Å²) in [5.74, 6) is 0.668. The minimum Gasteiger partial charge on any atom is -0.489 e. The fourth-order valence-electron chi connectivity index (χ4n) is 1.44. The SMILES string of the molecule is Nc1ccc2nc[nH]c(=O)c2c1OCCCl. The highest BCUT2D eigenvalue weighted by Crippen LogP contribution is 2.27. The number of rotatable bonds is 3. The van der Waals surface area contributed by atoms with E-state index in [2.05, 4.69) is 9.97 Å². The molecule has 0 bridgehead atoms. The van der Waals surface area contributed by atoms with Crippen LogP contribution in [0.25, 0.3) is 10.9 Å². The number of hydrogen-bond acceptors (Lipinski definition) is 4. The molecule has 1 aromatic carbocycles. The molecule has 5 nitrogen and oxygen atoms in total. The summed E-state index contributed by atoms with van der Waals surface area (Å²) in [5.41, 5.74) is 6.41. The smallest absolute Gasteiger partial charge is 0.262 e. The van der Waals surface area contributed by atoms with Gasteiger partial charge >= 0.3 is 0 Å². The fourth-order valence-corrected chi connectivity index (χ4v) is 1.52. The number of ether oxygens (including phenoxy) is 1. The highest BCUT2D eigenvalue weighted by atomic mass is 35.5. The number of alkyl halides is 1. The van der Waals surface area contributed by atoms with Gasteiger partial charge in [-0.05, 0) is 12.1 Å². The molecule has 84 valence electrons. The summed E-state index contributed by atoms with van der Waals surface area (Å²) in [6.07, 6.45) is 1.34. The number of anilines is 1. The summed E-state index contributed by atoms with van der Waals surface area (Å²) in [6.45, 7) is 0.291. The first-order valence-corrected chi connectivity index (χ1v) is 5.22. The van der Waals surface area contributed by atoms with E-state index in [-0.39, 0.29) is 5.56 Å². The molecule has 2 rings (SSSR count). The monoisotopic (exact) mass is 239 g/mol. The molecule has 0 aliphatic rings. The van der Waals surface area contributed by atoms with Gasteiger partial charge in [0.1, 0.15) is 12.0 Å². The Bertz CT molecular complexity index is 567. The van der Waals surface area contributed by atoms with Crippen molar-refractivity contribution in [2.75, 3.05) is 18.2 Å². The number of hydrogen-bond donors (Lipinski definition) is 2. The Balaban J connectivity index is 2.68. The Morgan fingerprint density at radius 2 is 2.31 bits per heavy atom. The Hall–Kier alpha value is -1.75. The third-order valence-electron chi connectivity index (χ3n) is 2.12. The highest BCUT2D eigenvalue weighted by Gasteiger charge is 2.10. The van der Waals surface area contributed by atoms with Gasteiger partial charge in [-0.3, -0.25) is 4.79 Å². The number of H-pyrrole nitrogens is 1. The van der Waals surface area contributed by atoms with Gasteiger partial charge in [-0.15, -0.1) is 11.6 Å². The lowest BCUT2D eigenvalue weighted by Gasteiger charge is -2.09. The van der Waals surface area contributed by atoms with Crippen LogP contribution >= 0.6 is 11.6 Å². The van der Waals surface area contributed by atoms with Crippen LogP contribution in [0.5, 0.6) is 5.75 Å². The summed E-state index contributed by atoms with van der Waals surface area (Å²) in [6, 6.07) is 3.33. The maximum absolute atomic E-state index is 11.7. The van der Waals surface area contributed by atoms with Gasteiger partial charge < -0.3 is 15.5 Å². The zero-order valence-electron chi connectivity index (χ0n) is 8.37. The molecule has 0 unspecified atom stereocenters. The van der Waals surface area contributed by atoms with Crippen molar-refractivity contribution in [2.45, 2.75) is 0 Å². The van der Waals surface area contributed by atoms with Gasteiger partial charge in [0.2, 0.25) is 0 Å². The Morgan fingerprint density at radius 1 is 1.50 bits per heavy atom. The van der Waals surface area contributed by atoms with E-state index in [4.69, 9.17) is 22.1 Å². The molecule has 0 saturated heterocycles. The summed E-state index contributed by atoms with van der Waals surface area (Å²) in [4.78, 5) is 18.2. The van der Waals surface area contributed by atoms with Crippen LogP contribution in [0.4, 0.5) is 5.69 Å². The minimum absolute atomic E-state index is 0.276. The molecular formula is C10H10ClN3O2. The number of nitrogens with two attached hydrogens (primary N) is 1. The molecule has 2 aromatic rings. The molecule has 0 aliphatic heterocycles. The molecule has 0 aliphatic carbocycles. The summed E-state index contributed by atoms with van der Waals surface area (Å²) < 4.78 is 5.36. The number of nitrogens with one attached hydrogen (secondary N) is 1. The van der Waals surface area contributed by atoms with Crippen LogP contribution in [0.1, 0.15) is 0 Å². The van der Waals surface area contributed by atoms with Gasteiger partial charge in [-0.25, -0.2) is 4.98 Å². The molecule has 0 atom stereocenters. The third kappa shape index (κ3) is 1.81. The van der Waals surface area contributed by atoms with Crippen molar-refractivity contribution in [1.29, 1.82) is 0 Å². The number of aromatic nitrogens is 2. The van der Waals surface area contributed by atoms with Crippen LogP contribution in [0.2, 0.25) is 0 Å². The van der Waals surface area contributed by atoms with Crippen LogP contribution in [0, 0.1) is 0 Å². The third-order valence-corrected chi connectivity index (χ3v) is 2.27. The van der Waals surface area contributed by atoms with Crippen molar-refractivity contribution in [3.8, 4) is 5.75 Å². The van der Waals surface area contributed by atoms with Crippen molar-refractivity contribution in [3.05, 3.63) is 28.8 Å². The number of halogens is 1. The quantitative estimate of drug-likeness (QED) is 0.621. The van der Waals surface area contributed by atoms with Gasteiger partial charge in [0.25, 0.3) is 5.56 Å². The van der Waals surface area contributed by atoms with E-state index in [0.717, 1.165) is 0 Å². The first-order valence-electron chi connectivity index (χ1n) is 4.68. The second kappa shape index (κ2) is 4.40. The lowest BCUT2D eigenvalue weighted by molar-refractivity contribution is 0.348. The average Bonchev–Trinajstić information content (AvgIpc) is 2.28. The average molecular weight is 240 g/mol. The first-order chi connectivity index (χ1) is 7.74. The van der Waals surface area contributed by atoms with Crippen LogP contribution in [-0.2, 0) is 0 Å². The zero-order chi connectivity index (χ0) is 11.5. The summed E-state index contributed by atoms with van der Waals surface area (Å²) in [5, 5.41) is 0.354. The Kier molecular flexibility index (Phi) is 2.96. The molecule has 16 heavy (non-hydrogen) atoms. The second-order valence-electron chi connectivity index (χ2n) is 3.15. The number of aromatic amines is 1. The number of nitrogen functional groups attached to an aromatic ring is 1. The van der Waals surface area contributed by atoms with Gasteiger partial charge in [-0.2, -0.15) is 0 Å². The van der Waals surface area contributed by atoms with Crippen molar-refractivity contribution in [2.24, 2.45) is 0 Å². The molecule has 0 radical (unpaired) electrons. The number of fused-ring (bicyclic) bond motifs is 1. The molecule has 3 N–H and O–H groups in total. The molecule has 6 heteroatoms. The van der Waals surface area contributed by atoms with E-state index in [1.165, 1.54) is 6.33 Å². The fraction of sp³-hybridized carbons (Fsp3) is 0.200. The molecule has 0 fully saturated rings. The van der Waals surface area contributed by atoms with E-state index in [1.807, 2.05) is 0 Å². The van der Waals surface area contributed by atoms with Crippen LogP contribution in [0.3, 0.4) is 0 Å². The highest BCUT2D eigenvalue weighted by molar-refractivity contribution is 6.18. The van der Waals surface area contributed by atoms with Crippen molar-refractivity contribution < 1.29 is 4.74 Å². The van der Waals surface area contributed by atoms with Crippen LogP contribution in [0.15, 0.2) is 23.3 Å². The van der Waals surface area contributed by atoms with Crippen LogP contribution in [-0.4, -0.2) is 22.5 Å². The van der Waals surface area contributed by atoms with E-state index in [9.17, 15) is 4.79 Å². The van der Waals surface area contributed by atoms with Gasteiger partial charge in [0.15, 0.2) is 5.75 Å². The molecule has 0 spiro atoms. The van der Waals surface area contributed by atoms with E-state index >= 15 is 0 Å². The number of nitrogens with zero attached hydrogens (tertiary/aromatic N) is 1. The summed E-state index contributed by atoms with van der Waals surface area (Å²) >= 11 is 5.53. The van der Waals surface area contributed by atoms with Gasteiger partial charge in [0.05, 0.1) is 23.4 Å². The lowest BCUT2D eigenvalue weighted by Crippen LogP contribution is -2.11. The molecule has 0 amide bonds. The maximum Gasteiger partial charge on any atom is 0.262 e. The maximum atomic E-state index is 11.7. The van der Waals surface area contributed by atoms with E-state index in [0.29, 0.717) is 34.8 Å². The van der Waals surface area contributed by atoms with Crippen molar-refractivity contribution in [1.82, 2.24) is 9.97 Å². The van der Waals surface area contributed by atoms with Crippen molar-refractivity contribution >= 4 is 28.2 Å². The largest absolute Gasteiger partial charge is 0.489 e. The second-order valence-corrected chi connectivity index (χ2v) is 3.53. The van der Waals surface area contributed by atoms with E-state index < -0.39 is 0 Å². The summed E-state index contributed by atoms with van der Waals surface area (Å²) in [7, 11) is 0. The molecular weight excluding hydrogens is 230 g/mol.